The Bertz CT molecular complexity index is 638. The summed E-state index contributed by atoms with van der Waals surface area (Å²) in [5, 5.41) is 9.47. The van der Waals surface area contributed by atoms with Crippen LogP contribution in [0.5, 0.6) is 0 Å². The average molecular weight is 329 g/mol. The van der Waals surface area contributed by atoms with Gasteiger partial charge in [0, 0.05) is 11.5 Å². The van der Waals surface area contributed by atoms with Crippen LogP contribution in [0.15, 0.2) is 36.5 Å². The van der Waals surface area contributed by atoms with Gasteiger partial charge in [0.1, 0.15) is 11.8 Å². The van der Waals surface area contributed by atoms with Crippen LogP contribution < -0.4 is 0 Å². The number of para-hydroxylation sites is 1. The lowest BCUT2D eigenvalue weighted by Gasteiger charge is -2.09. The van der Waals surface area contributed by atoms with Crippen molar-refractivity contribution in [2.75, 3.05) is 0 Å². The highest BCUT2D eigenvalue weighted by atomic mass is 79.9. The van der Waals surface area contributed by atoms with Gasteiger partial charge in [-0.05, 0) is 17.7 Å². The van der Waals surface area contributed by atoms with E-state index >= 15 is 0 Å². The molecule has 1 aromatic heterocycles. The summed E-state index contributed by atoms with van der Waals surface area (Å²) in [7, 11) is 0. The van der Waals surface area contributed by atoms with Crippen LogP contribution in [-0.4, -0.2) is 4.57 Å². The number of hydrogen-bond donors (Lipinski definition) is 0. The zero-order valence-electron chi connectivity index (χ0n) is 9.58. The maximum atomic E-state index is 12.7. The number of nitriles is 1. The van der Waals surface area contributed by atoms with E-state index in [1.165, 1.54) is 4.57 Å². The molecular weight excluding hydrogens is 321 g/mol. The molecule has 0 aliphatic heterocycles. The van der Waals surface area contributed by atoms with Crippen LogP contribution in [0.1, 0.15) is 16.8 Å². The molecule has 1 aromatic carbocycles. The number of benzene rings is 1. The molecule has 0 radical (unpaired) electrons. The molecule has 98 valence electrons. The number of alkyl halides is 4. The second-order valence-corrected chi connectivity index (χ2v) is 4.42. The molecule has 6 heteroatoms. The van der Waals surface area contributed by atoms with Gasteiger partial charge in [0.05, 0.1) is 11.3 Å². The fourth-order valence-corrected chi connectivity index (χ4v) is 2.24. The fraction of sp³-hybridized carbons (Fsp3) is 0.154. The van der Waals surface area contributed by atoms with Gasteiger partial charge in [-0.1, -0.05) is 34.1 Å². The SMILES string of the molecule is N#Cc1cc(C(F)(F)F)cn1-c1ccccc1CBr. The molecule has 0 saturated heterocycles. The first-order valence-electron chi connectivity index (χ1n) is 5.31. The molecule has 0 saturated carbocycles. The van der Waals surface area contributed by atoms with Crippen molar-refractivity contribution in [1.29, 1.82) is 5.26 Å². The lowest BCUT2D eigenvalue weighted by molar-refractivity contribution is -0.137. The summed E-state index contributed by atoms with van der Waals surface area (Å²) in [4.78, 5) is 0. The Morgan fingerprint density at radius 2 is 1.95 bits per heavy atom. The second-order valence-electron chi connectivity index (χ2n) is 3.86. The predicted octanol–water partition coefficient (Wildman–Crippen LogP) is 4.26. The normalized spacial score (nSPS) is 11.3. The summed E-state index contributed by atoms with van der Waals surface area (Å²) in [6.07, 6.45) is -3.51. The van der Waals surface area contributed by atoms with Gasteiger partial charge in [0.25, 0.3) is 0 Å². The van der Waals surface area contributed by atoms with Crippen LogP contribution in [0.4, 0.5) is 13.2 Å². The molecule has 1 heterocycles. The molecule has 0 spiro atoms. The third-order valence-corrected chi connectivity index (χ3v) is 3.26. The van der Waals surface area contributed by atoms with Gasteiger partial charge in [-0.3, -0.25) is 0 Å². The highest BCUT2D eigenvalue weighted by Gasteiger charge is 2.33. The Hall–Kier alpha value is -1.74. The summed E-state index contributed by atoms with van der Waals surface area (Å²) in [5.74, 6) is 0. The summed E-state index contributed by atoms with van der Waals surface area (Å²) < 4.78 is 39.3. The van der Waals surface area contributed by atoms with E-state index in [0.717, 1.165) is 17.8 Å². The van der Waals surface area contributed by atoms with E-state index in [1.807, 2.05) is 0 Å². The fourth-order valence-electron chi connectivity index (χ4n) is 1.76. The molecule has 2 aromatic rings. The largest absolute Gasteiger partial charge is 0.417 e. The predicted molar refractivity (Wildman–Crippen MR) is 68.1 cm³/mol. The number of hydrogen-bond acceptors (Lipinski definition) is 1. The minimum Gasteiger partial charge on any atom is -0.307 e. The molecular formula is C13H8BrF3N2. The van der Waals surface area contributed by atoms with Crippen molar-refractivity contribution < 1.29 is 13.2 Å². The van der Waals surface area contributed by atoms with Crippen molar-refractivity contribution in [2.45, 2.75) is 11.5 Å². The minimum absolute atomic E-state index is 0.0410. The van der Waals surface area contributed by atoms with Crippen molar-refractivity contribution in [1.82, 2.24) is 4.57 Å². The molecule has 0 amide bonds. The van der Waals surface area contributed by atoms with E-state index in [0.29, 0.717) is 11.0 Å². The monoisotopic (exact) mass is 328 g/mol. The van der Waals surface area contributed by atoms with Crippen LogP contribution in [0.25, 0.3) is 5.69 Å². The molecule has 19 heavy (non-hydrogen) atoms. The van der Waals surface area contributed by atoms with E-state index < -0.39 is 11.7 Å². The molecule has 2 rings (SSSR count). The van der Waals surface area contributed by atoms with Gasteiger partial charge in [0.2, 0.25) is 0 Å². The van der Waals surface area contributed by atoms with Gasteiger partial charge < -0.3 is 4.57 Å². The van der Waals surface area contributed by atoms with E-state index in [1.54, 1.807) is 30.3 Å². The first kappa shape index (κ1) is 13.7. The van der Waals surface area contributed by atoms with Crippen molar-refractivity contribution in [2.24, 2.45) is 0 Å². The van der Waals surface area contributed by atoms with Crippen molar-refractivity contribution in [3.8, 4) is 11.8 Å². The number of aromatic nitrogens is 1. The van der Waals surface area contributed by atoms with Crippen LogP contribution in [0.2, 0.25) is 0 Å². The molecule has 2 nitrogen and oxygen atoms in total. The van der Waals surface area contributed by atoms with E-state index in [4.69, 9.17) is 5.26 Å². The topological polar surface area (TPSA) is 28.7 Å². The Kier molecular flexibility index (Phi) is 3.67. The molecule has 0 aliphatic rings. The van der Waals surface area contributed by atoms with Crippen LogP contribution >= 0.6 is 15.9 Å². The number of halogens is 4. The average Bonchev–Trinajstić information content (AvgIpc) is 2.82. The molecule has 0 atom stereocenters. The van der Waals surface area contributed by atoms with E-state index in [-0.39, 0.29) is 5.69 Å². The zero-order valence-corrected chi connectivity index (χ0v) is 11.2. The second kappa shape index (κ2) is 5.10. The molecule has 0 aliphatic carbocycles. The van der Waals surface area contributed by atoms with Crippen molar-refractivity contribution in [3.63, 3.8) is 0 Å². The Morgan fingerprint density at radius 1 is 1.26 bits per heavy atom. The van der Waals surface area contributed by atoms with Gasteiger partial charge in [-0.2, -0.15) is 18.4 Å². The summed E-state index contributed by atoms with van der Waals surface area (Å²) >= 11 is 3.28. The Labute approximate surface area is 116 Å². The number of nitrogens with zero attached hydrogens (tertiary/aromatic N) is 2. The van der Waals surface area contributed by atoms with Gasteiger partial charge >= 0.3 is 6.18 Å². The third kappa shape index (κ3) is 2.66. The molecule has 0 N–H and O–H groups in total. The Morgan fingerprint density at radius 3 is 2.53 bits per heavy atom. The molecule has 0 fully saturated rings. The smallest absolute Gasteiger partial charge is 0.307 e. The van der Waals surface area contributed by atoms with E-state index in [2.05, 4.69) is 15.9 Å². The summed E-state index contributed by atoms with van der Waals surface area (Å²) in [5.41, 5.74) is 0.504. The molecule has 0 bridgehead atoms. The maximum Gasteiger partial charge on any atom is 0.417 e. The van der Waals surface area contributed by atoms with Crippen LogP contribution in [0, 0.1) is 11.3 Å². The zero-order chi connectivity index (χ0) is 14.0. The van der Waals surface area contributed by atoms with Gasteiger partial charge in [-0.15, -0.1) is 0 Å². The molecule has 0 unspecified atom stereocenters. The van der Waals surface area contributed by atoms with Crippen molar-refractivity contribution >= 4 is 15.9 Å². The minimum atomic E-state index is -4.46. The van der Waals surface area contributed by atoms with E-state index in [9.17, 15) is 13.2 Å². The standard InChI is InChI=1S/C13H8BrF3N2/c14-6-9-3-1-2-4-12(9)19-8-10(13(15,16)17)5-11(19)7-18/h1-5,8H,6H2. The van der Waals surface area contributed by atoms with Crippen LogP contribution in [0.3, 0.4) is 0 Å². The van der Waals surface area contributed by atoms with Crippen LogP contribution in [-0.2, 0) is 11.5 Å². The maximum absolute atomic E-state index is 12.7. The first-order chi connectivity index (χ1) is 8.97. The third-order valence-electron chi connectivity index (χ3n) is 2.66. The lowest BCUT2D eigenvalue weighted by atomic mass is 10.2. The van der Waals surface area contributed by atoms with Gasteiger partial charge in [0.15, 0.2) is 0 Å². The number of rotatable bonds is 2. The summed E-state index contributed by atoms with van der Waals surface area (Å²) in [6.45, 7) is 0. The highest BCUT2D eigenvalue weighted by molar-refractivity contribution is 9.08. The summed E-state index contributed by atoms with van der Waals surface area (Å²) in [6, 6.07) is 9.62. The quantitative estimate of drug-likeness (QED) is 0.757. The first-order valence-corrected chi connectivity index (χ1v) is 6.43. The van der Waals surface area contributed by atoms with Crippen molar-refractivity contribution in [3.05, 3.63) is 53.3 Å². The van der Waals surface area contributed by atoms with Gasteiger partial charge in [-0.25, -0.2) is 0 Å². The Balaban J connectivity index is 2.63. The lowest BCUT2D eigenvalue weighted by Crippen LogP contribution is -2.03. The highest BCUT2D eigenvalue weighted by Crippen LogP contribution is 2.32.